The van der Waals surface area contributed by atoms with Crippen molar-refractivity contribution in [2.45, 2.75) is 10.8 Å². The summed E-state index contributed by atoms with van der Waals surface area (Å²) < 4.78 is 4.45. The molecule has 0 spiro atoms. The summed E-state index contributed by atoms with van der Waals surface area (Å²) in [5, 5.41) is 12.1. The molecule has 0 saturated heterocycles. The van der Waals surface area contributed by atoms with E-state index >= 15 is 0 Å². The van der Waals surface area contributed by atoms with Crippen molar-refractivity contribution in [2.24, 2.45) is 0 Å². The summed E-state index contributed by atoms with van der Waals surface area (Å²) in [6, 6.07) is 0. The number of carbonyl (C=O) groups is 1. The molecule has 0 saturated carbocycles. The van der Waals surface area contributed by atoms with Crippen LogP contribution in [0.15, 0.2) is 0 Å². The third-order valence-electron chi connectivity index (χ3n) is 1.07. The summed E-state index contributed by atoms with van der Waals surface area (Å²) in [6.07, 6.45) is -0.0190. The van der Waals surface area contributed by atoms with Crippen LogP contribution in [0, 0.1) is 0 Å². The maximum atomic E-state index is 10.3. The van der Waals surface area contributed by atoms with Crippen LogP contribution in [-0.4, -0.2) is 20.7 Å². The summed E-state index contributed by atoms with van der Waals surface area (Å²) in [5.41, 5.74) is 0.594. The maximum Gasteiger partial charge on any atom is 0.309 e. The van der Waals surface area contributed by atoms with Crippen molar-refractivity contribution in [3.63, 3.8) is 0 Å². The maximum absolute atomic E-state index is 10.3. The zero-order valence-electron chi connectivity index (χ0n) is 5.45. The SMILES string of the molecule is O=C(O)Cc1nnsc1CI. The highest BCUT2D eigenvalue weighted by Gasteiger charge is 2.09. The largest absolute Gasteiger partial charge is 0.481 e. The number of halogens is 1. The molecule has 1 rings (SSSR count). The molecule has 6 heteroatoms. The number of aliphatic carboxylic acids is 1. The zero-order chi connectivity index (χ0) is 8.27. The van der Waals surface area contributed by atoms with Gasteiger partial charge in [0, 0.05) is 4.43 Å². The van der Waals surface area contributed by atoms with E-state index in [4.69, 9.17) is 5.11 Å². The first-order valence-electron chi connectivity index (χ1n) is 2.82. The minimum absolute atomic E-state index is 0.0190. The normalized spacial score (nSPS) is 9.91. The van der Waals surface area contributed by atoms with Crippen molar-refractivity contribution < 1.29 is 9.90 Å². The van der Waals surface area contributed by atoms with Gasteiger partial charge in [0.1, 0.15) is 0 Å². The fourth-order valence-corrected chi connectivity index (χ4v) is 1.97. The van der Waals surface area contributed by atoms with Crippen molar-refractivity contribution in [1.29, 1.82) is 0 Å². The Balaban J connectivity index is 2.76. The van der Waals surface area contributed by atoms with E-state index in [0.717, 1.165) is 9.30 Å². The Bertz CT molecular complexity index is 263. The highest BCUT2D eigenvalue weighted by molar-refractivity contribution is 14.1. The van der Waals surface area contributed by atoms with Gasteiger partial charge < -0.3 is 5.11 Å². The Morgan fingerprint density at radius 2 is 2.45 bits per heavy atom. The van der Waals surface area contributed by atoms with E-state index in [9.17, 15) is 4.79 Å². The van der Waals surface area contributed by atoms with Crippen molar-refractivity contribution in [2.75, 3.05) is 0 Å². The molecular weight excluding hydrogens is 279 g/mol. The van der Waals surface area contributed by atoms with E-state index < -0.39 is 5.97 Å². The number of carboxylic acid groups (broad SMARTS) is 1. The summed E-state index contributed by atoms with van der Waals surface area (Å²) in [4.78, 5) is 11.2. The second kappa shape index (κ2) is 3.96. The topological polar surface area (TPSA) is 63.1 Å². The number of hydrogen-bond donors (Lipinski definition) is 1. The molecule has 1 aromatic rings. The molecule has 0 aromatic carbocycles. The predicted octanol–water partition coefficient (Wildman–Crippen LogP) is 1.10. The van der Waals surface area contributed by atoms with E-state index in [0.29, 0.717) is 5.69 Å². The third-order valence-corrected chi connectivity index (χ3v) is 3.12. The lowest BCUT2D eigenvalue weighted by atomic mass is 10.3. The number of carboxylic acids is 1. The van der Waals surface area contributed by atoms with Crippen LogP contribution in [0.1, 0.15) is 10.6 Å². The van der Waals surface area contributed by atoms with Gasteiger partial charge in [0.05, 0.1) is 17.0 Å². The molecule has 1 aromatic heterocycles. The first kappa shape index (κ1) is 8.85. The van der Waals surface area contributed by atoms with Crippen LogP contribution in [0.4, 0.5) is 0 Å². The Kier molecular flexibility index (Phi) is 3.18. The van der Waals surface area contributed by atoms with Crippen LogP contribution in [0.3, 0.4) is 0 Å². The van der Waals surface area contributed by atoms with Gasteiger partial charge in [-0.05, 0) is 11.5 Å². The Labute approximate surface area is 80.9 Å². The van der Waals surface area contributed by atoms with Crippen LogP contribution in [-0.2, 0) is 15.6 Å². The Morgan fingerprint density at radius 1 is 1.73 bits per heavy atom. The monoisotopic (exact) mass is 284 g/mol. The highest BCUT2D eigenvalue weighted by atomic mass is 127. The van der Waals surface area contributed by atoms with Crippen LogP contribution in [0.25, 0.3) is 0 Å². The van der Waals surface area contributed by atoms with Crippen molar-refractivity contribution in [3.8, 4) is 0 Å². The summed E-state index contributed by atoms with van der Waals surface area (Å²) in [6.45, 7) is 0. The molecule has 0 radical (unpaired) electrons. The number of alkyl halides is 1. The van der Waals surface area contributed by atoms with Crippen molar-refractivity contribution in [1.82, 2.24) is 9.59 Å². The molecule has 4 nitrogen and oxygen atoms in total. The van der Waals surface area contributed by atoms with E-state index in [-0.39, 0.29) is 6.42 Å². The number of hydrogen-bond acceptors (Lipinski definition) is 4. The molecule has 0 aliphatic heterocycles. The predicted molar refractivity (Wildman–Crippen MR) is 49.0 cm³/mol. The molecule has 0 bridgehead atoms. The van der Waals surface area contributed by atoms with E-state index in [1.165, 1.54) is 11.5 Å². The molecule has 1 N–H and O–H groups in total. The van der Waals surface area contributed by atoms with Crippen LogP contribution in [0.2, 0.25) is 0 Å². The van der Waals surface area contributed by atoms with E-state index in [1.54, 1.807) is 0 Å². The molecule has 0 atom stereocenters. The van der Waals surface area contributed by atoms with Gasteiger partial charge in [0.25, 0.3) is 0 Å². The summed E-state index contributed by atoms with van der Waals surface area (Å²) in [7, 11) is 0. The van der Waals surface area contributed by atoms with Crippen LogP contribution in [0.5, 0.6) is 0 Å². The average molecular weight is 284 g/mol. The lowest BCUT2D eigenvalue weighted by molar-refractivity contribution is -0.136. The molecule has 0 aliphatic rings. The number of nitrogens with zero attached hydrogens (tertiary/aromatic N) is 2. The molecular formula is C5H5IN2O2S. The third kappa shape index (κ3) is 2.37. The van der Waals surface area contributed by atoms with Gasteiger partial charge in [0.15, 0.2) is 0 Å². The van der Waals surface area contributed by atoms with Gasteiger partial charge in [-0.25, -0.2) is 0 Å². The Morgan fingerprint density at radius 3 is 3.00 bits per heavy atom. The fraction of sp³-hybridized carbons (Fsp3) is 0.400. The van der Waals surface area contributed by atoms with Gasteiger partial charge in [-0.1, -0.05) is 27.1 Å². The van der Waals surface area contributed by atoms with Gasteiger partial charge >= 0.3 is 5.97 Å². The molecule has 0 unspecified atom stereocenters. The molecule has 0 fully saturated rings. The second-order valence-corrected chi connectivity index (χ2v) is 3.45. The quantitative estimate of drug-likeness (QED) is 0.667. The van der Waals surface area contributed by atoms with Gasteiger partial charge in [0.2, 0.25) is 0 Å². The van der Waals surface area contributed by atoms with Crippen LogP contribution >= 0.6 is 34.1 Å². The van der Waals surface area contributed by atoms with E-state index in [2.05, 4.69) is 32.2 Å². The minimum atomic E-state index is -0.858. The Hall–Kier alpha value is -0.240. The average Bonchev–Trinajstić information content (AvgIpc) is 2.34. The smallest absolute Gasteiger partial charge is 0.309 e. The molecule has 60 valence electrons. The molecule has 1 heterocycles. The van der Waals surface area contributed by atoms with Crippen molar-refractivity contribution >= 4 is 40.1 Å². The lowest BCUT2D eigenvalue weighted by Crippen LogP contribution is -2.02. The first-order chi connectivity index (χ1) is 5.24. The summed E-state index contributed by atoms with van der Waals surface area (Å²) >= 11 is 3.42. The van der Waals surface area contributed by atoms with Gasteiger partial charge in [-0.3, -0.25) is 4.79 Å². The summed E-state index contributed by atoms with van der Waals surface area (Å²) in [5.74, 6) is -0.858. The standard InChI is InChI=1S/C5H5IN2O2S/c6-2-4-3(1-5(9)10)7-8-11-4/h1-2H2,(H,9,10). The molecule has 11 heavy (non-hydrogen) atoms. The zero-order valence-corrected chi connectivity index (χ0v) is 8.42. The van der Waals surface area contributed by atoms with Gasteiger partial charge in [-0.2, -0.15) is 0 Å². The first-order valence-corrected chi connectivity index (χ1v) is 5.11. The van der Waals surface area contributed by atoms with E-state index in [1.807, 2.05) is 0 Å². The highest BCUT2D eigenvalue weighted by Crippen LogP contribution is 2.14. The van der Waals surface area contributed by atoms with Gasteiger partial charge in [-0.15, -0.1) is 5.10 Å². The number of aromatic nitrogens is 2. The lowest BCUT2D eigenvalue weighted by Gasteiger charge is -1.90. The van der Waals surface area contributed by atoms with Crippen LogP contribution < -0.4 is 0 Å². The number of rotatable bonds is 3. The fourth-order valence-electron chi connectivity index (χ4n) is 0.606. The molecule has 0 aliphatic carbocycles. The minimum Gasteiger partial charge on any atom is -0.481 e. The van der Waals surface area contributed by atoms with Crippen molar-refractivity contribution in [3.05, 3.63) is 10.6 Å². The molecule has 0 amide bonds. The second-order valence-electron chi connectivity index (χ2n) is 1.85.